The van der Waals surface area contributed by atoms with E-state index in [4.69, 9.17) is 0 Å². The summed E-state index contributed by atoms with van der Waals surface area (Å²) in [6.07, 6.45) is 0.870. The Balaban J connectivity index is 1.44. The van der Waals surface area contributed by atoms with Gasteiger partial charge in [-0.05, 0) is 39.7 Å². The number of benzene rings is 2. The van der Waals surface area contributed by atoms with Crippen molar-refractivity contribution in [3.05, 3.63) is 80.5 Å². The lowest BCUT2D eigenvalue weighted by atomic mass is 10.1. The molecule has 27 heavy (non-hydrogen) atoms. The summed E-state index contributed by atoms with van der Waals surface area (Å²) >= 11 is 4.74. The molecule has 0 fully saturated rings. The van der Waals surface area contributed by atoms with Gasteiger partial charge in [-0.2, -0.15) is 0 Å². The highest BCUT2D eigenvalue weighted by molar-refractivity contribution is 9.10. The van der Waals surface area contributed by atoms with Gasteiger partial charge < -0.3 is 0 Å². The third kappa shape index (κ3) is 4.26. The maximum absolute atomic E-state index is 13.2. The number of carbonyl (C=O) groups excluding carboxylic acids is 1. The maximum atomic E-state index is 13.2. The summed E-state index contributed by atoms with van der Waals surface area (Å²) in [5.74, 6) is -0.684. The van der Waals surface area contributed by atoms with E-state index in [0.29, 0.717) is 15.2 Å². The van der Waals surface area contributed by atoms with Crippen LogP contribution in [-0.4, -0.2) is 22.3 Å². The number of nitrogens with zero attached hydrogens (tertiary/aromatic N) is 2. The standard InChI is InChI=1S/C20H17BrFN3OS/c21-16-10-14(22)6-7-15(16)19(26)24-20-23-17-8-9-25(12-18(17)27-20)11-13-4-2-1-3-5-13/h1-7,10H,8-9,11-12H2,(H,23,24,26). The number of nitrogens with one attached hydrogen (secondary N) is 1. The van der Waals surface area contributed by atoms with Gasteiger partial charge in [0.1, 0.15) is 5.82 Å². The molecule has 3 aromatic rings. The smallest absolute Gasteiger partial charge is 0.258 e. The maximum Gasteiger partial charge on any atom is 0.258 e. The molecule has 1 aromatic heterocycles. The monoisotopic (exact) mass is 445 g/mol. The fourth-order valence-electron chi connectivity index (χ4n) is 3.12. The Hall–Kier alpha value is -2.09. The molecule has 1 amide bonds. The van der Waals surface area contributed by atoms with Crippen LogP contribution in [0.1, 0.15) is 26.5 Å². The van der Waals surface area contributed by atoms with Gasteiger partial charge in [-0.15, -0.1) is 11.3 Å². The summed E-state index contributed by atoms with van der Waals surface area (Å²) in [6, 6.07) is 14.4. The summed E-state index contributed by atoms with van der Waals surface area (Å²) in [4.78, 5) is 20.6. The van der Waals surface area contributed by atoms with Crippen LogP contribution in [0.2, 0.25) is 0 Å². The van der Waals surface area contributed by atoms with Crippen LogP contribution >= 0.6 is 27.3 Å². The molecule has 1 N–H and O–H groups in total. The van der Waals surface area contributed by atoms with Gasteiger partial charge in [0.2, 0.25) is 0 Å². The lowest BCUT2D eigenvalue weighted by Gasteiger charge is -2.25. The molecule has 1 aliphatic heterocycles. The van der Waals surface area contributed by atoms with E-state index in [9.17, 15) is 9.18 Å². The highest BCUT2D eigenvalue weighted by Gasteiger charge is 2.22. The van der Waals surface area contributed by atoms with Crippen LogP contribution in [0.15, 0.2) is 53.0 Å². The first-order chi connectivity index (χ1) is 13.1. The van der Waals surface area contributed by atoms with Crippen LogP contribution in [0.25, 0.3) is 0 Å². The molecule has 0 spiro atoms. The minimum atomic E-state index is -0.387. The molecule has 0 saturated heterocycles. The van der Waals surface area contributed by atoms with E-state index in [2.05, 4.69) is 55.4 Å². The molecule has 0 unspecified atom stereocenters. The number of thiazole rings is 1. The van der Waals surface area contributed by atoms with Crippen LogP contribution < -0.4 is 5.32 Å². The molecule has 4 rings (SSSR count). The van der Waals surface area contributed by atoms with Crippen LogP contribution in [0, 0.1) is 5.82 Å². The summed E-state index contributed by atoms with van der Waals surface area (Å²) in [7, 11) is 0. The first kappa shape index (κ1) is 18.3. The number of rotatable bonds is 4. The van der Waals surface area contributed by atoms with E-state index in [-0.39, 0.29) is 11.7 Å². The van der Waals surface area contributed by atoms with E-state index in [1.54, 1.807) is 0 Å². The average molecular weight is 446 g/mol. The van der Waals surface area contributed by atoms with Gasteiger partial charge in [-0.1, -0.05) is 30.3 Å². The number of hydrogen-bond donors (Lipinski definition) is 1. The van der Waals surface area contributed by atoms with Crippen molar-refractivity contribution in [3.63, 3.8) is 0 Å². The van der Waals surface area contributed by atoms with Crippen molar-refractivity contribution in [1.29, 1.82) is 0 Å². The first-order valence-corrected chi connectivity index (χ1v) is 10.2. The Labute approximate surface area is 169 Å². The molecular weight excluding hydrogens is 429 g/mol. The van der Waals surface area contributed by atoms with Crippen LogP contribution in [0.5, 0.6) is 0 Å². The molecule has 7 heteroatoms. The topological polar surface area (TPSA) is 45.2 Å². The van der Waals surface area contributed by atoms with E-state index >= 15 is 0 Å². The van der Waals surface area contributed by atoms with Crippen molar-refractivity contribution in [2.45, 2.75) is 19.5 Å². The van der Waals surface area contributed by atoms with Crippen LogP contribution in [0.4, 0.5) is 9.52 Å². The second-order valence-corrected chi connectivity index (χ2v) is 8.35. The Kier molecular flexibility index (Phi) is 5.33. The fraction of sp³-hybridized carbons (Fsp3) is 0.200. The fourth-order valence-corrected chi connectivity index (χ4v) is 4.69. The predicted octanol–water partition coefficient (Wildman–Crippen LogP) is 4.86. The molecule has 1 aliphatic rings. The van der Waals surface area contributed by atoms with Crippen molar-refractivity contribution in [2.24, 2.45) is 0 Å². The first-order valence-electron chi connectivity index (χ1n) is 8.60. The highest BCUT2D eigenvalue weighted by atomic mass is 79.9. The normalized spacial score (nSPS) is 14.0. The summed E-state index contributed by atoms with van der Waals surface area (Å²) in [5, 5.41) is 3.42. The van der Waals surface area contributed by atoms with Gasteiger partial charge in [0.05, 0.1) is 11.3 Å². The minimum Gasteiger partial charge on any atom is -0.298 e. The molecule has 138 valence electrons. The van der Waals surface area contributed by atoms with Crippen molar-refractivity contribution in [3.8, 4) is 0 Å². The zero-order valence-electron chi connectivity index (χ0n) is 14.4. The highest BCUT2D eigenvalue weighted by Crippen LogP contribution is 2.30. The average Bonchev–Trinajstić information content (AvgIpc) is 3.04. The van der Waals surface area contributed by atoms with Crippen molar-refractivity contribution < 1.29 is 9.18 Å². The van der Waals surface area contributed by atoms with Gasteiger partial charge in [0.25, 0.3) is 5.91 Å². The van der Waals surface area contributed by atoms with Gasteiger partial charge in [-0.25, -0.2) is 9.37 Å². The minimum absolute atomic E-state index is 0.297. The Bertz CT molecular complexity index is 977. The number of aromatic nitrogens is 1. The number of anilines is 1. The SMILES string of the molecule is O=C(Nc1nc2c(s1)CN(Cc1ccccc1)CC2)c1ccc(F)cc1Br. The third-order valence-electron chi connectivity index (χ3n) is 4.46. The lowest BCUT2D eigenvalue weighted by molar-refractivity contribution is 0.102. The molecule has 2 heterocycles. The van der Waals surface area contributed by atoms with Gasteiger partial charge >= 0.3 is 0 Å². The molecule has 0 bridgehead atoms. The van der Waals surface area contributed by atoms with E-state index in [0.717, 1.165) is 31.7 Å². The van der Waals surface area contributed by atoms with E-state index in [1.165, 1.54) is 40.0 Å². The molecule has 0 aliphatic carbocycles. The van der Waals surface area contributed by atoms with E-state index < -0.39 is 0 Å². The number of fused-ring (bicyclic) bond motifs is 1. The zero-order chi connectivity index (χ0) is 18.8. The molecule has 0 saturated carbocycles. The quantitative estimate of drug-likeness (QED) is 0.623. The molecule has 0 radical (unpaired) electrons. The Morgan fingerprint density at radius 2 is 2.07 bits per heavy atom. The van der Waals surface area contributed by atoms with E-state index in [1.807, 2.05) is 6.07 Å². The van der Waals surface area contributed by atoms with Gasteiger partial charge in [-0.3, -0.25) is 15.0 Å². The molecular formula is C20H17BrFN3OS. The molecule has 2 aromatic carbocycles. The predicted molar refractivity (Wildman–Crippen MR) is 108 cm³/mol. The number of carbonyl (C=O) groups is 1. The van der Waals surface area contributed by atoms with Gasteiger partial charge in [0, 0.05) is 35.4 Å². The summed E-state index contributed by atoms with van der Waals surface area (Å²) in [5.41, 5.74) is 2.73. The number of amides is 1. The molecule has 4 nitrogen and oxygen atoms in total. The molecule has 0 atom stereocenters. The van der Waals surface area contributed by atoms with Gasteiger partial charge in [0.15, 0.2) is 5.13 Å². The second kappa shape index (κ2) is 7.88. The summed E-state index contributed by atoms with van der Waals surface area (Å²) < 4.78 is 13.6. The Morgan fingerprint density at radius 1 is 1.26 bits per heavy atom. The van der Waals surface area contributed by atoms with Crippen LogP contribution in [-0.2, 0) is 19.5 Å². The van der Waals surface area contributed by atoms with Crippen molar-refractivity contribution in [1.82, 2.24) is 9.88 Å². The zero-order valence-corrected chi connectivity index (χ0v) is 16.8. The van der Waals surface area contributed by atoms with Crippen molar-refractivity contribution in [2.75, 3.05) is 11.9 Å². The van der Waals surface area contributed by atoms with Crippen LogP contribution in [0.3, 0.4) is 0 Å². The Morgan fingerprint density at radius 3 is 2.85 bits per heavy atom. The third-order valence-corrected chi connectivity index (χ3v) is 6.11. The van der Waals surface area contributed by atoms with Crippen molar-refractivity contribution >= 4 is 38.3 Å². The number of halogens is 2. The lowest BCUT2D eigenvalue weighted by Crippen LogP contribution is -2.29. The largest absolute Gasteiger partial charge is 0.298 e. The number of hydrogen-bond acceptors (Lipinski definition) is 4. The second-order valence-electron chi connectivity index (χ2n) is 6.41. The summed E-state index contributed by atoms with van der Waals surface area (Å²) in [6.45, 7) is 2.68.